The third kappa shape index (κ3) is 3.52. The summed E-state index contributed by atoms with van der Waals surface area (Å²) < 4.78 is 5.23. The van der Waals surface area contributed by atoms with Gasteiger partial charge >= 0.3 is 6.03 Å². The monoisotopic (exact) mass is 314 g/mol. The number of amides is 2. The Balaban J connectivity index is 2.00. The Morgan fingerprint density at radius 2 is 2.40 bits per heavy atom. The number of para-hydroxylation sites is 1. The first-order chi connectivity index (χ1) is 9.65. The molecule has 1 aromatic carbocycles. The van der Waals surface area contributed by atoms with Crippen LogP contribution in [0.25, 0.3) is 0 Å². The van der Waals surface area contributed by atoms with Gasteiger partial charge in [0.1, 0.15) is 0 Å². The van der Waals surface area contributed by atoms with Gasteiger partial charge in [0.2, 0.25) is 0 Å². The van der Waals surface area contributed by atoms with E-state index in [-0.39, 0.29) is 6.03 Å². The number of nitrogens with one attached hydrogen (secondary N) is 1. The van der Waals surface area contributed by atoms with Crippen molar-refractivity contribution in [3.63, 3.8) is 0 Å². The molecule has 1 aliphatic rings. The van der Waals surface area contributed by atoms with Crippen LogP contribution in [0.4, 0.5) is 10.5 Å². The van der Waals surface area contributed by atoms with Crippen LogP contribution in [0.2, 0.25) is 5.02 Å². The maximum absolute atomic E-state index is 12.3. The predicted octanol–water partition coefficient (Wildman–Crippen LogP) is 3.57. The molecule has 4 nitrogen and oxygen atoms in total. The normalized spacial score (nSPS) is 18.1. The first-order valence-electron chi connectivity index (χ1n) is 6.53. The maximum atomic E-state index is 12.3. The van der Waals surface area contributed by atoms with Gasteiger partial charge < -0.3 is 15.0 Å². The number of carbonyl (C=O) groups is 1. The highest BCUT2D eigenvalue weighted by molar-refractivity contribution is 7.98. The van der Waals surface area contributed by atoms with E-state index in [1.165, 1.54) is 0 Å². The number of thioether (sulfide) groups is 1. The minimum Gasteiger partial charge on any atom is -0.493 e. The summed E-state index contributed by atoms with van der Waals surface area (Å²) in [5, 5.41) is 3.37. The molecule has 6 heteroatoms. The van der Waals surface area contributed by atoms with Gasteiger partial charge in [0.25, 0.3) is 0 Å². The molecular weight excluding hydrogens is 296 g/mol. The van der Waals surface area contributed by atoms with Crippen molar-refractivity contribution in [2.24, 2.45) is 5.92 Å². The zero-order chi connectivity index (χ0) is 14.5. The van der Waals surface area contributed by atoms with Gasteiger partial charge in [0.15, 0.2) is 5.75 Å². The molecule has 1 fully saturated rings. The molecule has 2 amide bonds. The van der Waals surface area contributed by atoms with Gasteiger partial charge in [-0.05, 0) is 36.5 Å². The van der Waals surface area contributed by atoms with Crippen LogP contribution < -0.4 is 10.1 Å². The second-order valence-corrected chi connectivity index (χ2v) is 6.12. The summed E-state index contributed by atoms with van der Waals surface area (Å²) in [7, 11) is 1.54. The van der Waals surface area contributed by atoms with E-state index in [9.17, 15) is 4.79 Å². The van der Waals surface area contributed by atoms with Gasteiger partial charge in [0.05, 0.1) is 17.8 Å². The summed E-state index contributed by atoms with van der Waals surface area (Å²) in [6.45, 7) is 1.62. The number of likely N-dealkylation sites (tertiary alicyclic amines) is 1. The van der Waals surface area contributed by atoms with E-state index in [2.05, 4.69) is 11.6 Å². The fourth-order valence-electron chi connectivity index (χ4n) is 2.40. The molecule has 0 radical (unpaired) electrons. The number of carbonyl (C=O) groups excluding carboxylic acids is 1. The fraction of sp³-hybridized carbons (Fsp3) is 0.500. The number of nitrogens with zero attached hydrogens (tertiary/aromatic N) is 1. The minimum absolute atomic E-state index is 0.0887. The van der Waals surface area contributed by atoms with Gasteiger partial charge in [0, 0.05) is 13.1 Å². The molecule has 0 aliphatic carbocycles. The lowest BCUT2D eigenvalue weighted by Crippen LogP contribution is -2.33. The van der Waals surface area contributed by atoms with E-state index >= 15 is 0 Å². The minimum atomic E-state index is -0.0887. The number of anilines is 1. The smallest absolute Gasteiger partial charge is 0.321 e. The van der Waals surface area contributed by atoms with Crippen molar-refractivity contribution in [2.45, 2.75) is 6.42 Å². The third-order valence-electron chi connectivity index (χ3n) is 3.39. The number of hydrogen-bond donors (Lipinski definition) is 1. The zero-order valence-electron chi connectivity index (χ0n) is 11.7. The Kier molecular flexibility index (Phi) is 5.43. The van der Waals surface area contributed by atoms with Crippen LogP contribution >= 0.6 is 23.4 Å². The third-order valence-corrected chi connectivity index (χ3v) is 4.49. The fourth-order valence-corrected chi connectivity index (χ4v) is 3.39. The lowest BCUT2D eigenvalue weighted by Gasteiger charge is -2.18. The Bertz CT molecular complexity index is 484. The SMILES string of the molecule is COc1c(Cl)cccc1NC(=O)N1CC[C@@H](CSC)C1. The summed E-state index contributed by atoms with van der Waals surface area (Å²) in [6, 6.07) is 5.23. The van der Waals surface area contributed by atoms with Crippen molar-refractivity contribution in [3.8, 4) is 5.75 Å². The summed E-state index contributed by atoms with van der Waals surface area (Å²) in [5.74, 6) is 2.20. The number of benzene rings is 1. The molecule has 20 heavy (non-hydrogen) atoms. The van der Waals surface area contributed by atoms with Crippen LogP contribution in [-0.2, 0) is 0 Å². The number of methoxy groups -OCH3 is 1. The molecule has 1 atom stereocenters. The number of ether oxygens (including phenoxy) is 1. The molecule has 1 saturated heterocycles. The van der Waals surface area contributed by atoms with Crippen molar-refractivity contribution < 1.29 is 9.53 Å². The molecule has 110 valence electrons. The van der Waals surface area contributed by atoms with Crippen LogP contribution in [0.1, 0.15) is 6.42 Å². The van der Waals surface area contributed by atoms with E-state index in [0.29, 0.717) is 22.4 Å². The van der Waals surface area contributed by atoms with Crippen LogP contribution in [0.3, 0.4) is 0 Å². The predicted molar refractivity (Wildman–Crippen MR) is 85.1 cm³/mol. The Morgan fingerprint density at radius 1 is 1.60 bits per heavy atom. The van der Waals surface area contributed by atoms with Crippen LogP contribution in [0, 0.1) is 5.92 Å². The highest BCUT2D eigenvalue weighted by Crippen LogP contribution is 2.33. The van der Waals surface area contributed by atoms with Gasteiger partial charge in [-0.15, -0.1) is 0 Å². The zero-order valence-corrected chi connectivity index (χ0v) is 13.3. The summed E-state index contributed by atoms with van der Waals surface area (Å²) in [6.07, 6.45) is 3.17. The van der Waals surface area contributed by atoms with Gasteiger partial charge in [-0.1, -0.05) is 17.7 Å². The molecule has 0 saturated carbocycles. The largest absolute Gasteiger partial charge is 0.493 e. The average molecular weight is 315 g/mol. The van der Waals surface area contributed by atoms with E-state index in [1.54, 1.807) is 25.3 Å². The molecule has 2 rings (SSSR count). The summed E-state index contributed by atoms with van der Waals surface area (Å²) >= 11 is 7.87. The topological polar surface area (TPSA) is 41.6 Å². The van der Waals surface area contributed by atoms with E-state index in [0.717, 1.165) is 25.3 Å². The second kappa shape index (κ2) is 7.09. The molecule has 1 heterocycles. The molecule has 0 spiro atoms. The quantitative estimate of drug-likeness (QED) is 0.924. The highest BCUT2D eigenvalue weighted by Gasteiger charge is 2.26. The van der Waals surface area contributed by atoms with Crippen LogP contribution in [-0.4, -0.2) is 43.1 Å². The van der Waals surface area contributed by atoms with Crippen molar-refractivity contribution in [1.82, 2.24) is 4.90 Å². The van der Waals surface area contributed by atoms with Gasteiger partial charge in [-0.25, -0.2) is 4.79 Å². The average Bonchev–Trinajstić information content (AvgIpc) is 2.88. The number of urea groups is 1. The van der Waals surface area contributed by atoms with Crippen LogP contribution in [0.15, 0.2) is 18.2 Å². The first kappa shape index (κ1) is 15.3. The van der Waals surface area contributed by atoms with Gasteiger partial charge in [-0.2, -0.15) is 11.8 Å². The lowest BCUT2D eigenvalue weighted by atomic mass is 10.2. The Labute approximate surface area is 128 Å². The van der Waals surface area contributed by atoms with E-state index in [1.807, 2.05) is 16.7 Å². The number of rotatable bonds is 4. The van der Waals surface area contributed by atoms with E-state index in [4.69, 9.17) is 16.3 Å². The highest BCUT2D eigenvalue weighted by atomic mass is 35.5. The molecule has 1 aromatic rings. The number of hydrogen-bond acceptors (Lipinski definition) is 3. The van der Waals surface area contributed by atoms with Gasteiger partial charge in [-0.3, -0.25) is 0 Å². The van der Waals surface area contributed by atoms with Crippen molar-refractivity contribution >= 4 is 35.1 Å². The lowest BCUT2D eigenvalue weighted by molar-refractivity contribution is 0.221. The Morgan fingerprint density at radius 3 is 3.10 bits per heavy atom. The molecule has 0 unspecified atom stereocenters. The maximum Gasteiger partial charge on any atom is 0.321 e. The standard InChI is InChI=1S/C14H19ClN2O2S/c1-19-13-11(15)4-3-5-12(13)16-14(18)17-7-6-10(8-17)9-20-2/h3-5,10H,6-9H2,1-2H3,(H,16,18)/t10-/m1/s1. The van der Waals surface area contributed by atoms with E-state index < -0.39 is 0 Å². The van der Waals surface area contributed by atoms with Crippen molar-refractivity contribution in [3.05, 3.63) is 23.2 Å². The molecule has 0 aromatic heterocycles. The molecule has 0 bridgehead atoms. The molecule has 1 N–H and O–H groups in total. The van der Waals surface area contributed by atoms with Crippen LogP contribution in [0.5, 0.6) is 5.75 Å². The van der Waals surface area contributed by atoms with Crippen molar-refractivity contribution in [2.75, 3.05) is 37.5 Å². The number of halogens is 1. The second-order valence-electron chi connectivity index (χ2n) is 4.81. The Hall–Kier alpha value is -1.07. The molecular formula is C14H19ClN2O2S. The van der Waals surface area contributed by atoms with Crippen molar-refractivity contribution in [1.29, 1.82) is 0 Å². The first-order valence-corrected chi connectivity index (χ1v) is 8.30. The summed E-state index contributed by atoms with van der Waals surface area (Å²) in [4.78, 5) is 14.1. The molecule has 1 aliphatic heterocycles. The summed E-state index contributed by atoms with van der Waals surface area (Å²) in [5.41, 5.74) is 0.610.